The minimum absolute atomic E-state index is 0.881. The van der Waals surface area contributed by atoms with E-state index in [4.69, 9.17) is 4.98 Å². The molecule has 0 unspecified atom stereocenters. The molecule has 5 rings (SSSR count). The number of piperazine rings is 1. The van der Waals surface area contributed by atoms with Gasteiger partial charge in [0.15, 0.2) is 11.5 Å². The van der Waals surface area contributed by atoms with E-state index in [1.54, 1.807) is 11.3 Å². The fourth-order valence-electron chi connectivity index (χ4n) is 4.09. The number of thiophene rings is 1. The monoisotopic (exact) mass is 420 g/mol. The molecular formula is C23H28N6S. The minimum Gasteiger partial charge on any atom is -0.367 e. The van der Waals surface area contributed by atoms with E-state index in [0.717, 1.165) is 47.0 Å². The van der Waals surface area contributed by atoms with Crippen molar-refractivity contribution in [1.82, 2.24) is 24.2 Å². The van der Waals surface area contributed by atoms with E-state index in [9.17, 15) is 0 Å². The zero-order chi connectivity index (χ0) is 20.5. The van der Waals surface area contributed by atoms with Crippen molar-refractivity contribution in [2.75, 3.05) is 51.6 Å². The van der Waals surface area contributed by atoms with E-state index < -0.39 is 0 Å². The molecule has 3 aromatic heterocycles. The Kier molecular flexibility index (Phi) is 5.41. The van der Waals surface area contributed by atoms with Gasteiger partial charge in [-0.2, -0.15) is 0 Å². The number of likely N-dealkylation sites (N-methyl/N-ethyl adjacent to an activating group) is 1. The third-order valence-corrected chi connectivity index (χ3v) is 7.04. The van der Waals surface area contributed by atoms with Crippen LogP contribution in [0.15, 0.2) is 42.6 Å². The predicted molar refractivity (Wildman–Crippen MR) is 126 cm³/mol. The number of benzene rings is 1. The molecule has 4 heterocycles. The molecule has 0 aliphatic carbocycles. The quantitative estimate of drug-likeness (QED) is 0.478. The van der Waals surface area contributed by atoms with Crippen LogP contribution in [0.5, 0.6) is 0 Å². The number of nitrogens with zero attached hydrogens (tertiary/aromatic N) is 5. The van der Waals surface area contributed by atoms with Crippen molar-refractivity contribution < 1.29 is 0 Å². The van der Waals surface area contributed by atoms with Crippen molar-refractivity contribution in [2.24, 2.45) is 0 Å². The molecule has 1 aliphatic rings. The number of nitrogens with one attached hydrogen (secondary N) is 1. The van der Waals surface area contributed by atoms with Crippen molar-refractivity contribution in [3.05, 3.63) is 48.3 Å². The van der Waals surface area contributed by atoms with Crippen molar-refractivity contribution in [3.63, 3.8) is 0 Å². The summed E-state index contributed by atoms with van der Waals surface area (Å²) in [5.74, 6) is 0.881. The van der Waals surface area contributed by atoms with Crippen molar-refractivity contribution in [3.8, 4) is 10.4 Å². The summed E-state index contributed by atoms with van der Waals surface area (Å²) in [4.78, 5) is 17.0. The van der Waals surface area contributed by atoms with Gasteiger partial charge in [0.25, 0.3) is 0 Å². The number of anilines is 1. The molecule has 156 valence electrons. The summed E-state index contributed by atoms with van der Waals surface area (Å²) >= 11 is 1.78. The Morgan fingerprint density at radius 1 is 1.10 bits per heavy atom. The molecule has 0 atom stereocenters. The van der Waals surface area contributed by atoms with Crippen molar-refractivity contribution in [2.45, 2.75) is 13.3 Å². The summed E-state index contributed by atoms with van der Waals surface area (Å²) in [5, 5.41) is 3.56. The van der Waals surface area contributed by atoms with Crippen LogP contribution in [0, 0.1) is 6.92 Å². The number of aromatic nitrogens is 3. The van der Waals surface area contributed by atoms with Gasteiger partial charge in [-0.3, -0.25) is 4.40 Å². The number of hydrogen-bond acceptors (Lipinski definition) is 6. The van der Waals surface area contributed by atoms with Crippen LogP contribution < -0.4 is 5.32 Å². The minimum atomic E-state index is 0.881. The van der Waals surface area contributed by atoms with Crippen molar-refractivity contribution >= 4 is 33.1 Å². The summed E-state index contributed by atoms with van der Waals surface area (Å²) in [5.41, 5.74) is 4.31. The predicted octanol–water partition coefficient (Wildman–Crippen LogP) is 3.97. The highest BCUT2D eigenvalue weighted by Gasteiger charge is 2.16. The molecule has 1 aliphatic heterocycles. The molecular weight excluding hydrogens is 392 g/mol. The Morgan fingerprint density at radius 2 is 1.90 bits per heavy atom. The first-order chi connectivity index (χ1) is 14.7. The number of fused-ring (bicyclic) bond motifs is 3. The number of hydrogen-bond donors (Lipinski definition) is 1. The van der Waals surface area contributed by atoms with E-state index in [2.05, 4.69) is 74.9 Å². The molecule has 0 radical (unpaired) electrons. The standard InChI is InChI=1S/C23H28N6S/c1-17-16-25-22-21(24-9-6-10-28-13-11-27(2)12-14-28)26-19-15-20(30-23(19)29(17)22)18-7-4-3-5-8-18/h3-5,7-8,15-16H,6,9-14H2,1-2H3,(H,24,26). The maximum Gasteiger partial charge on any atom is 0.181 e. The van der Waals surface area contributed by atoms with Gasteiger partial charge in [0.1, 0.15) is 10.3 Å². The Hall–Kier alpha value is -2.48. The first-order valence-corrected chi connectivity index (χ1v) is 11.5. The van der Waals surface area contributed by atoms with Gasteiger partial charge in [-0.15, -0.1) is 11.3 Å². The molecule has 0 spiro atoms. The SMILES string of the molecule is Cc1cnc2c(NCCCN3CCN(C)CC3)nc3cc(-c4ccccc4)sc3n12. The normalized spacial score (nSPS) is 15.9. The maximum atomic E-state index is 4.95. The van der Waals surface area contributed by atoms with Crippen LogP contribution >= 0.6 is 11.3 Å². The molecule has 30 heavy (non-hydrogen) atoms. The highest BCUT2D eigenvalue weighted by molar-refractivity contribution is 7.21. The lowest BCUT2D eigenvalue weighted by Gasteiger charge is -2.32. The van der Waals surface area contributed by atoms with Crippen LogP contribution in [0.25, 0.3) is 26.4 Å². The maximum absolute atomic E-state index is 4.95. The van der Waals surface area contributed by atoms with E-state index in [0.29, 0.717) is 0 Å². The lowest BCUT2D eigenvalue weighted by Crippen LogP contribution is -2.44. The van der Waals surface area contributed by atoms with Gasteiger partial charge in [0, 0.05) is 49.5 Å². The van der Waals surface area contributed by atoms with Crippen LogP contribution in [0.3, 0.4) is 0 Å². The van der Waals surface area contributed by atoms with Gasteiger partial charge in [-0.1, -0.05) is 30.3 Å². The van der Waals surface area contributed by atoms with Gasteiger partial charge >= 0.3 is 0 Å². The van der Waals surface area contributed by atoms with Gasteiger partial charge in [0.05, 0.1) is 0 Å². The highest BCUT2D eigenvalue weighted by Crippen LogP contribution is 2.35. The molecule has 0 amide bonds. The van der Waals surface area contributed by atoms with E-state index in [1.165, 1.54) is 36.6 Å². The molecule has 1 aromatic carbocycles. The molecule has 7 heteroatoms. The molecule has 6 nitrogen and oxygen atoms in total. The smallest absolute Gasteiger partial charge is 0.181 e. The van der Waals surface area contributed by atoms with Gasteiger partial charge in [-0.25, -0.2) is 9.97 Å². The van der Waals surface area contributed by atoms with E-state index in [1.807, 2.05) is 6.20 Å². The summed E-state index contributed by atoms with van der Waals surface area (Å²) in [7, 11) is 2.20. The second-order valence-corrected chi connectivity index (χ2v) is 9.14. The van der Waals surface area contributed by atoms with E-state index >= 15 is 0 Å². The number of aryl methyl sites for hydroxylation is 1. The first kappa shape index (κ1) is 19.5. The second-order valence-electron chi connectivity index (χ2n) is 8.11. The lowest BCUT2D eigenvalue weighted by atomic mass is 10.2. The Bertz CT molecular complexity index is 1140. The summed E-state index contributed by atoms with van der Waals surface area (Å²) < 4.78 is 2.24. The molecule has 1 saturated heterocycles. The molecule has 0 bridgehead atoms. The largest absolute Gasteiger partial charge is 0.367 e. The van der Waals surface area contributed by atoms with Crippen LogP contribution in [-0.2, 0) is 0 Å². The topological polar surface area (TPSA) is 48.7 Å². The summed E-state index contributed by atoms with van der Waals surface area (Å²) in [6.45, 7) is 8.82. The van der Waals surface area contributed by atoms with Gasteiger partial charge in [-0.05, 0) is 38.6 Å². The first-order valence-electron chi connectivity index (χ1n) is 10.7. The lowest BCUT2D eigenvalue weighted by molar-refractivity contribution is 0.154. The Labute approximate surface area is 181 Å². The average Bonchev–Trinajstić information content (AvgIpc) is 3.37. The van der Waals surface area contributed by atoms with Crippen LogP contribution in [0.1, 0.15) is 12.1 Å². The average molecular weight is 421 g/mol. The molecule has 0 saturated carbocycles. The molecule has 1 fully saturated rings. The van der Waals surface area contributed by atoms with Gasteiger partial charge < -0.3 is 15.1 Å². The molecule has 4 aromatic rings. The zero-order valence-electron chi connectivity index (χ0n) is 17.6. The highest BCUT2D eigenvalue weighted by atomic mass is 32.1. The summed E-state index contributed by atoms with van der Waals surface area (Å²) in [6, 6.07) is 12.7. The number of rotatable bonds is 6. The van der Waals surface area contributed by atoms with Crippen LogP contribution in [0.2, 0.25) is 0 Å². The third-order valence-electron chi connectivity index (χ3n) is 5.88. The Morgan fingerprint density at radius 3 is 2.70 bits per heavy atom. The Balaban J connectivity index is 1.37. The summed E-state index contributed by atoms with van der Waals surface area (Å²) in [6.07, 6.45) is 3.04. The van der Waals surface area contributed by atoms with Crippen molar-refractivity contribution in [1.29, 1.82) is 0 Å². The third kappa shape index (κ3) is 3.80. The fraction of sp³-hybridized carbons (Fsp3) is 0.391. The van der Waals surface area contributed by atoms with Crippen LogP contribution in [-0.4, -0.2) is 70.5 Å². The number of imidazole rings is 1. The molecule has 1 N–H and O–H groups in total. The van der Waals surface area contributed by atoms with E-state index in [-0.39, 0.29) is 0 Å². The van der Waals surface area contributed by atoms with Crippen LogP contribution in [0.4, 0.5) is 5.82 Å². The second kappa shape index (κ2) is 8.34. The fourth-order valence-corrected chi connectivity index (χ4v) is 5.25. The van der Waals surface area contributed by atoms with Gasteiger partial charge in [0.2, 0.25) is 0 Å². The zero-order valence-corrected chi connectivity index (χ0v) is 18.5.